The Morgan fingerprint density at radius 2 is 1.94 bits per heavy atom. The predicted molar refractivity (Wildman–Crippen MR) is 121 cm³/mol. The average molecular weight is 470 g/mol. The number of hydrogen-bond donors (Lipinski definition) is 0. The van der Waals surface area contributed by atoms with Crippen molar-refractivity contribution >= 4 is 38.9 Å². The minimum Gasteiger partial charge on any atom is -0.274 e. The molecule has 0 N–H and O–H groups in total. The lowest BCUT2D eigenvalue weighted by molar-refractivity contribution is -0.122. The number of imide groups is 1. The molecule has 1 atom stereocenters. The van der Waals surface area contributed by atoms with E-state index >= 15 is 0 Å². The summed E-state index contributed by atoms with van der Waals surface area (Å²) in [5, 5.41) is 10.7. The Morgan fingerprint density at radius 3 is 2.56 bits per heavy atom. The molecule has 2 heterocycles. The smallest absolute Gasteiger partial charge is 0.253 e. The van der Waals surface area contributed by atoms with Gasteiger partial charge in [0, 0.05) is 6.54 Å². The number of thiophene rings is 1. The van der Waals surface area contributed by atoms with Crippen LogP contribution < -0.4 is 4.90 Å². The van der Waals surface area contributed by atoms with E-state index in [4.69, 9.17) is 5.26 Å². The fraction of sp³-hybridized carbons (Fsp3) is 0.348. The first-order valence-electron chi connectivity index (χ1n) is 10.5. The van der Waals surface area contributed by atoms with Crippen LogP contribution in [-0.2, 0) is 19.6 Å². The Kier molecular flexibility index (Phi) is 6.55. The van der Waals surface area contributed by atoms with E-state index in [0.717, 1.165) is 41.9 Å². The Labute approximate surface area is 191 Å². The van der Waals surface area contributed by atoms with Crippen molar-refractivity contribution in [2.75, 3.05) is 11.4 Å². The van der Waals surface area contributed by atoms with Crippen LogP contribution >= 0.6 is 11.3 Å². The van der Waals surface area contributed by atoms with Crippen LogP contribution in [0.25, 0.3) is 0 Å². The number of carbonyl (C=O) groups excluding carboxylic acids is 2. The van der Waals surface area contributed by atoms with Gasteiger partial charge in [-0.3, -0.25) is 9.59 Å². The van der Waals surface area contributed by atoms with Crippen LogP contribution in [0.4, 0.5) is 5.69 Å². The van der Waals surface area contributed by atoms with Gasteiger partial charge in [-0.05, 0) is 67.8 Å². The molecule has 2 aromatic rings. The highest BCUT2D eigenvalue weighted by Gasteiger charge is 2.47. The maximum atomic E-state index is 13.4. The zero-order valence-corrected chi connectivity index (χ0v) is 19.1. The molecule has 4 rings (SSSR count). The quantitative estimate of drug-likeness (QED) is 0.453. The van der Waals surface area contributed by atoms with Crippen molar-refractivity contribution in [1.29, 1.82) is 5.26 Å². The summed E-state index contributed by atoms with van der Waals surface area (Å²) in [4.78, 5) is 27.1. The average Bonchev–Trinajstić information content (AvgIpc) is 3.44. The second-order valence-electron chi connectivity index (χ2n) is 7.85. The van der Waals surface area contributed by atoms with Gasteiger partial charge in [0.05, 0.1) is 23.7 Å². The van der Waals surface area contributed by atoms with Gasteiger partial charge in [-0.2, -0.15) is 9.57 Å². The monoisotopic (exact) mass is 469 g/mol. The number of rotatable bonds is 7. The molecule has 32 heavy (non-hydrogen) atoms. The van der Waals surface area contributed by atoms with Gasteiger partial charge in [0.2, 0.25) is 5.91 Å². The van der Waals surface area contributed by atoms with E-state index in [1.807, 2.05) is 6.07 Å². The van der Waals surface area contributed by atoms with E-state index in [2.05, 4.69) is 6.08 Å². The summed E-state index contributed by atoms with van der Waals surface area (Å²) in [5.74, 6) is -1.01. The van der Waals surface area contributed by atoms with E-state index in [1.54, 1.807) is 11.4 Å². The van der Waals surface area contributed by atoms with E-state index in [0.29, 0.717) is 17.7 Å². The predicted octanol–water partition coefficient (Wildman–Crippen LogP) is 3.83. The molecule has 2 amide bonds. The zero-order chi connectivity index (χ0) is 22.7. The van der Waals surface area contributed by atoms with E-state index in [9.17, 15) is 18.0 Å². The fourth-order valence-corrected chi connectivity index (χ4v) is 6.85. The zero-order valence-electron chi connectivity index (χ0n) is 17.4. The molecule has 1 unspecified atom stereocenters. The topological polar surface area (TPSA) is 98.5 Å². The van der Waals surface area contributed by atoms with Gasteiger partial charge in [0.1, 0.15) is 10.3 Å². The molecule has 0 radical (unpaired) electrons. The number of nitrogens with zero attached hydrogens (tertiary/aromatic N) is 3. The van der Waals surface area contributed by atoms with Crippen molar-refractivity contribution in [3.05, 3.63) is 59.0 Å². The number of carbonyl (C=O) groups is 2. The summed E-state index contributed by atoms with van der Waals surface area (Å²) in [6, 6.07) is 10.2. The Balaban J connectivity index is 1.64. The van der Waals surface area contributed by atoms with Gasteiger partial charge in [0.15, 0.2) is 0 Å². The van der Waals surface area contributed by atoms with E-state index in [1.165, 1.54) is 40.2 Å². The largest absolute Gasteiger partial charge is 0.274 e. The summed E-state index contributed by atoms with van der Waals surface area (Å²) in [7, 11) is -3.93. The number of benzene rings is 1. The molecule has 0 bridgehead atoms. The highest BCUT2D eigenvalue weighted by molar-refractivity contribution is 7.91. The third-order valence-corrected chi connectivity index (χ3v) is 9.10. The first-order valence-corrected chi connectivity index (χ1v) is 12.8. The Hall–Kier alpha value is -2.80. The van der Waals surface area contributed by atoms with Crippen LogP contribution in [-0.4, -0.2) is 37.1 Å². The minimum atomic E-state index is -3.93. The maximum absolute atomic E-state index is 13.4. The van der Waals surface area contributed by atoms with Crippen molar-refractivity contribution in [2.45, 2.75) is 48.8 Å². The molecular weight excluding hydrogens is 446 g/mol. The molecular formula is C23H23N3O4S2. The molecule has 166 valence electrons. The molecule has 1 aromatic carbocycles. The first kappa shape index (κ1) is 22.4. The number of amides is 2. The number of anilines is 1. The van der Waals surface area contributed by atoms with E-state index < -0.39 is 27.9 Å². The minimum absolute atomic E-state index is 0.150. The maximum Gasteiger partial charge on any atom is 0.253 e. The summed E-state index contributed by atoms with van der Waals surface area (Å²) >= 11 is 1.10. The molecule has 0 saturated carbocycles. The van der Waals surface area contributed by atoms with Crippen LogP contribution in [0.1, 0.15) is 44.1 Å². The summed E-state index contributed by atoms with van der Waals surface area (Å²) < 4.78 is 28.2. The van der Waals surface area contributed by atoms with Gasteiger partial charge in [-0.1, -0.05) is 17.7 Å². The lowest BCUT2D eigenvalue weighted by Gasteiger charge is -2.27. The Morgan fingerprint density at radius 1 is 1.16 bits per heavy atom. The highest BCUT2D eigenvalue weighted by atomic mass is 32.2. The first-order chi connectivity index (χ1) is 15.4. The SMILES string of the molecule is N#Cc1ccc(N2C(=O)CC(N(CCC3=CCCCC3)S(=O)(=O)c3cccs3)C2=O)cc1. The van der Waals surface area contributed by atoms with Crippen molar-refractivity contribution in [3.8, 4) is 6.07 Å². The number of nitriles is 1. The molecule has 1 saturated heterocycles. The lowest BCUT2D eigenvalue weighted by atomic mass is 9.97. The molecule has 1 fully saturated rings. The normalized spacial score (nSPS) is 19.3. The molecule has 1 aliphatic heterocycles. The van der Waals surface area contributed by atoms with Crippen LogP contribution in [0, 0.1) is 11.3 Å². The van der Waals surface area contributed by atoms with Crippen molar-refractivity contribution in [3.63, 3.8) is 0 Å². The standard InChI is InChI=1S/C23H23N3O4S2/c24-16-18-8-10-19(11-9-18)26-21(27)15-20(23(26)28)25(13-12-17-5-2-1-3-6-17)32(29,30)22-7-4-14-31-22/h4-5,7-11,14,20H,1-3,6,12-13,15H2. The van der Waals surface area contributed by atoms with E-state index in [-0.39, 0.29) is 17.2 Å². The van der Waals surface area contributed by atoms with Crippen molar-refractivity contribution in [1.82, 2.24) is 4.31 Å². The van der Waals surface area contributed by atoms with Gasteiger partial charge in [-0.25, -0.2) is 13.3 Å². The van der Waals surface area contributed by atoms with Gasteiger partial charge >= 0.3 is 0 Å². The number of allylic oxidation sites excluding steroid dienone is 1. The summed E-state index contributed by atoms with van der Waals surface area (Å²) in [5.41, 5.74) is 1.94. The van der Waals surface area contributed by atoms with Gasteiger partial charge in [0.25, 0.3) is 15.9 Å². The van der Waals surface area contributed by atoms with Gasteiger partial charge in [-0.15, -0.1) is 11.3 Å². The number of hydrogen-bond acceptors (Lipinski definition) is 6. The lowest BCUT2D eigenvalue weighted by Crippen LogP contribution is -2.45. The summed E-state index contributed by atoms with van der Waals surface area (Å²) in [6.07, 6.45) is 6.63. The Bertz CT molecular complexity index is 1180. The van der Waals surface area contributed by atoms with Crippen LogP contribution in [0.5, 0.6) is 0 Å². The van der Waals surface area contributed by atoms with Crippen molar-refractivity contribution in [2.24, 2.45) is 0 Å². The molecule has 9 heteroatoms. The molecule has 2 aliphatic rings. The summed E-state index contributed by atoms with van der Waals surface area (Å²) in [6.45, 7) is 0.150. The van der Waals surface area contributed by atoms with Crippen molar-refractivity contribution < 1.29 is 18.0 Å². The highest BCUT2D eigenvalue weighted by Crippen LogP contribution is 2.32. The second-order valence-corrected chi connectivity index (χ2v) is 10.9. The fourth-order valence-electron chi connectivity index (χ4n) is 4.15. The molecule has 0 spiro atoms. The number of sulfonamides is 1. The third-order valence-electron chi connectivity index (χ3n) is 5.82. The van der Waals surface area contributed by atoms with Crippen LogP contribution in [0.2, 0.25) is 0 Å². The van der Waals surface area contributed by atoms with Crippen LogP contribution in [0.15, 0.2) is 57.6 Å². The third kappa shape index (κ3) is 4.39. The second kappa shape index (κ2) is 9.36. The molecule has 1 aliphatic carbocycles. The van der Waals surface area contributed by atoms with Crippen LogP contribution in [0.3, 0.4) is 0 Å². The molecule has 1 aromatic heterocycles. The van der Waals surface area contributed by atoms with Gasteiger partial charge < -0.3 is 0 Å². The molecule has 7 nitrogen and oxygen atoms in total.